The lowest BCUT2D eigenvalue weighted by Gasteiger charge is -2.14. The van der Waals surface area contributed by atoms with Crippen LogP contribution in [0.3, 0.4) is 0 Å². The Morgan fingerprint density at radius 3 is 3.00 bits per heavy atom. The summed E-state index contributed by atoms with van der Waals surface area (Å²) in [5.74, 6) is 0.453. The van der Waals surface area contributed by atoms with Crippen LogP contribution in [0.1, 0.15) is 25.2 Å². The second-order valence-corrected chi connectivity index (χ2v) is 6.56. The number of hydrogen-bond acceptors (Lipinski definition) is 3. The summed E-state index contributed by atoms with van der Waals surface area (Å²) in [6.45, 7) is 2.40. The lowest BCUT2D eigenvalue weighted by Crippen LogP contribution is -2.31. The van der Waals surface area contributed by atoms with Crippen LogP contribution in [-0.4, -0.2) is 32.0 Å². The first kappa shape index (κ1) is 17.2. The lowest BCUT2D eigenvalue weighted by molar-refractivity contribution is -0.123. The van der Waals surface area contributed by atoms with Gasteiger partial charge in [-0.05, 0) is 43.7 Å². The number of hydrogen-bond donors (Lipinski definition) is 2. The van der Waals surface area contributed by atoms with E-state index in [4.69, 9.17) is 0 Å². The summed E-state index contributed by atoms with van der Waals surface area (Å²) in [6, 6.07) is 11.9. The van der Waals surface area contributed by atoms with E-state index in [9.17, 15) is 9.18 Å². The van der Waals surface area contributed by atoms with Gasteiger partial charge in [-0.25, -0.2) is 14.4 Å². The predicted octanol–water partition coefficient (Wildman–Crippen LogP) is 3.36. The Morgan fingerprint density at radius 1 is 1.26 bits per heavy atom. The molecule has 0 aliphatic carbocycles. The molecule has 4 rings (SSSR count). The van der Waals surface area contributed by atoms with Crippen molar-refractivity contribution in [2.45, 2.75) is 25.8 Å². The Kier molecular flexibility index (Phi) is 4.58. The van der Waals surface area contributed by atoms with Gasteiger partial charge in [-0.3, -0.25) is 4.79 Å². The third-order valence-electron chi connectivity index (χ3n) is 4.66. The summed E-state index contributed by atoms with van der Waals surface area (Å²) in [5, 5.41) is 2.96. The van der Waals surface area contributed by atoms with Gasteiger partial charge in [0.15, 0.2) is 0 Å². The van der Waals surface area contributed by atoms with Crippen molar-refractivity contribution in [1.29, 1.82) is 0 Å². The molecule has 0 aliphatic heterocycles. The van der Waals surface area contributed by atoms with Crippen LogP contribution in [-0.2, 0) is 11.2 Å². The monoisotopic (exact) mass is 365 g/mol. The Morgan fingerprint density at radius 2 is 2.11 bits per heavy atom. The summed E-state index contributed by atoms with van der Waals surface area (Å²) < 4.78 is 15.1. The minimum atomic E-state index is -0.341. The van der Waals surface area contributed by atoms with Crippen LogP contribution in [0, 0.1) is 5.82 Å². The number of H-pyrrole nitrogens is 1. The number of amides is 1. The molecule has 0 fully saturated rings. The van der Waals surface area contributed by atoms with Crippen LogP contribution >= 0.6 is 0 Å². The topological polar surface area (TPSA) is 75.6 Å². The third-order valence-corrected chi connectivity index (χ3v) is 4.66. The van der Waals surface area contributed by atoms with Crippen molar-refractivity contribution < 1.29 is 9.18 Å². The van der Waals surface area contributed by atoms with Gasteiger partial charge in [0.25, 0.3) is 0 Å². The predicted molar refractivity (Wildman–Crippen MR) is 102 cm³/mol. The first-order chi connectivity index (χ1) is 13.1. The van der Waals surface area contributed by atoms with Crippen LogP contribution in [0.2, 0.25) is 0 Å². The number of fused-ring (bicyclic) bond motifs is 2. The zero-order chi connectivity index (χ0) is 18.8. The van der Waals surface area contributed by atoms with Gasteiger partial charge in [0.05, 0.1) is 28.4 Å². The highest BCUT2D eigenvalue weighted by Crippen LogP contribution is 2.17. The van der Waals surface area contributed by atoms with Crippen molar-refractivity contribution in [3.8, 4) is 0 Å². The van der Waals surface area contributed by atoms with Gasteiger partial charge in [-0.1, -0.05) is 12.1 Å². The molecule has 1 amide bonds. The van der Waals surface area contributed by atoms with E-state index in [0.29, 0.717) is 18.5 Å². The van der Waals surface area contributed by atoms with Crippen molar-refractivity contribution in [3.05, 3.63) is 60.4 Å². The van der Waals surface area contributed by atoms with Crippen LogP contribution < -0.4 is 5.32 Å². The maximum Gasteiger partial charge on any atom is 0.242 e. The summed E-state index contributed by atoms with van der Waals surface area (Å²) >= 11 is 0. The summed E-state index contributed by atoms with van der Waals surface area (Å²) in [5.41, 5.74) is 3.25. The molecular formula is C20H20FN5O. The number of imidazole rings is 2. The molecule has 0 saturated heterocycles. The highest BCUT2D eigenvalue weighted by atomic mass is 19.1. The molecule has 1 atom stereocenters. The standard InChI is InChI=1S/C20H20FN5O/c1-13(26-12-23-16-5-2-3-6-18(16)26)20(27)22-10-4-7-19-24-15-9-8-14(21)11-17(15)25-19/h2-3,5-6,8-9,11-13H,4,7,10H2,1H3,(H,22,27)(H,24,25). The largest absolute Gasteiger partial charge is 0.354 e. The maximum absolute atomic E-state index is 13.2. The Balaban J connectivity index is 1.32. The molecular weight excluding hydrogens is 345 g/mol. The molecule has 4 aromatic rings. The zero-order valence-corrected chi connectivity index (χ0v) is 14.9. The number of para-hydroxylation sites is 2. The molecule has 0 bridgehead atoms. The molecule has 2 aromatic carbocycles. The first-order valence-electron chi connectivity index (χ1n) is 8.95. The Labute approximate surface area is 155 Å². The van der Waals surface area contributed by atoms with Gasteiger partial charge < -0.3 is 14.9 Å². The number of rotatable bonds is 6. The number of carbonyl (C=O) groups excluding carboxylic acids is 1. The molecule has 2 N–H and O–H groups in total. The lowest BCUT2D eigenvalue weighted by atomic mass is 10.2. The normalized spacial score (nSPS) is 12.5. The fourth-order valence-corrected chi connectivity index (χ4v) is 3.18. The van der Waals surface area contributed by atoms with E-state index < -0.39 is 0 Å². The number of benzene rings is 2. The molecule has 0 aliphatic rings. The number of aromatic nitrogens is 4. The van der Waals surface area contributed by atoms with Gasteiger partial charge in [0, 0.05) is 13.0 Å². The number of nitrogens with zero attached hydrogens (tertiary/aromatic N) is 3. The van der Waals surface area contributed by atoms with Crippen molar-refractivity contribution in [3.63, 3.8) is 0 Å². The van der Waals surface area contributed by atoms with Gasteiger partial charge in [-0.2, -0.15) is 0 Å². The third kappa shape index (κ3) is 3.53. The SMILES string of the molecule is CC(C(=O)NCCCc1nc2ccc(F)cc2[nH]1)n1cnc2ccccc21. The zero-order valence-electron chi connectivity index (χ0n) is 14.9. The minimum absolute atomic E-state index is 0.0511. The molecule has 0 spiro atoms. The van der Waals surface area contributed by atoms with Crippen LogP contribution in [0.4, 0.5) is 4.39 Å². The van der Waals surface area contributed by atoms with Crippen LogP contribution in [0.25, 0.3) is 22.1 Å². The second-order valence-electron chi connectivity index (χ2n) is 6.56. The van der Waals surface area contributed by atoms with E-state index in [1.807, 2.05) is 35.8 Å². The van der Waals surface area contributed by atoms with Gasteiger partial charge in [-0.15, -0.1) is 0 Å². The fourth-order valence-electron chi connectivity index (χ4n) is 3.18. The van der Waals surface area contributed by atoms with E-state index in [1.165, 1.54) is 12.1 Å². The van der Waals surface area contributed by atoms with E-state index in [0.717, 1.165) is 28.8 Å². The summed E-state index contributed by atoms with van der Waals surface area (Å²) in [6.07, 6.45) is 3.12. The molecule has 6 nitrogen and oxygen atoms in total. The number of carbonyl (C=O) groups is 1. The summed E-state index contributed by atoms with van der Waals surface area (Å²) in [4.78, 5) is 24.3. The average Bonchev–Trinajstić information content (AvgIpc) is 3.27. The maximum atomic E-state index is 13.2. The first-order valence-corrected chi connectivity index (χ1v) is 8.95. The quantitative estimate of drug-likeness (QED) is 0.515. The van der Waals surface area contributed by atoms with Crippen molar-refractivity contribution in [2.75, 3.05) is 6.54 Å². The van der Waals surface area contributed by atoms with E-state index in [2.05, 4.69) is 20.3 Å². The fraction of sp³-hybridized carbons (Fsp3) is 0.250. The van der Waals surface area contributed by atoms with Crippen LogP contribution in [0.15, 0.2) is 48.8 Å². The minimum Gasteiger partial charge on any atom is -0.354 e. The number of halogens is 1. The van der Waals surface area contributed by atoms with E-state index in [1.54, 1.807) is 12.4 Å². The van der Waals surface area contributed by atoms with Crippen molar-refractivity contribution >= 4 is 28.0 Å². The average molecular weight is 365 g/mol. The number of nitrogens with one attached hydrogen (secondary N) is 2. The second kappa shape index (κ2) is 7.19. The molecule has 27 heavy (non-hydrogen) atoms. The highest BCUT2D eigenvalue weighted by molar-refractivity contribution is 5.83. The molecule has 0 saturated carbocycles. The molecule has 1 unspecified atom stereocenters. The Bertz CT molecular complexity index is 1100. The van der Waals surface area contributed by atoms with Gasteiger partial charge in [0.1, 0.15) is 17.7 Å². The van der Waals surface area contributed by atoms with E-state index >= 15 is 0 Å². The Hall–Kier alpha value is -3.22. The molecule has 2 aromatic heterocycles. The van der Waals surface area contributed by atoms with Crippen molar-refractivity contribution in [2.24, 2.45) is 0 Å². The van der Waals surface area contributed by atoms with Crippen LogP contribution in [0.5, 0.6) is 0 Å². The summed E-state index contributed by atoms with van der Waals surface area (Å²) in [7, 11) is 0. The number of aryl methyl sites for hydroxylation is 1. The van der Waals surface area contributed by atoms with Gasteiger partial charge in [0.2, 0.25) is 5.91 Å². The molecule has 2 heterocycles. The molecule has 0 radical (unpaired) electrons. The van der Waals surface area contributed by atoms with Gasteiger partial charge >= 0.3 is 0 Å². The molecule has 138 valence electrons. The van der Waals surface area contributed by atoms with E-state index in [-0.39, 0.29) is 17.8 Å². The smallest absolute Gasteiger partial charge is 0.242 e. The number of aromatic amines is 1. The van der Waals surface area contributed by atoms with Crippen molar-refractivity contribution in [1.82, 2.24) is 24.8 Å². The molecule has 7 heteroatoms. The highest BCUT2D eigenvalue weighted by Gasteiger charge is 2.16.